The Bertz CT molecular complexity index is 1110. The quantitative estimate of drug-likeness (QED) is 0.357. The molecule has 6 nitrogen and oxygen atoms in total. The summed E-state index contributed by atoms with van der Waals surface area (Å²) in [6.07, 6.45) is 0. The molecule has 0 fully saturated rings. The summed E-state index contributed by atoms with van der Waals surface area (Å²) in [5.74, 6) is -0.591. The monoisotopic (exact) mass is 455 g/mol. The normalized spacial score (nSPS) is 10.8. The number of carbonyl (C=O) groups is 1. The highest BCUT2D eigenvalue weighted by Gasteiger charge is 2.21. The fourth-order valence-electron chi connectivity index (χ4n) is 2.71. The van der Waals surface area contributed by atoms with Crippen molar-refractivity contribution >= 4 is 44.9 Å². The largest absolute Gasteiger partial charge is 0.478 e. The smallest absolute Gasteiger partial charge is 0.339 e. The highest BCUT2D eigenvalue weighted by molar-refractivity contribution is 9.08. The van der Waals surface area contributed by atoms with Crippen molar-refractivity contribution in [2.45, 2.75) is 5.33 Å². The van der Waals surface area contributed by atoms with Gasteiger partial charge in [-0.1, -0.05) is 75.7 Å². The molecule has 4 aromatic rings. The summed E-state index contributed by atoms with van der Waals surface area (Å²) in [6, 6.07) is 17.3. The number of nitrogens with zero attached hydrogens (tertiary/aromatic N) is 2. The number of alkyl halides is 1. The minimum atomic E-state index is -1.02. The number of hydrogen-bond acceptors (Lipinski definition) is 6. The Kier molecular flexibility index (Phi) is 5.23. The maximum absolute atomic E-state index is 11.9. The summed E-state index contributed by atoms with van der Waals surface area (Å²) < 4.78 is 5.24. The maximum atomic E-state index is 11.9. The van der Waals surface area contributed by atoms with Crippen LogP contribution in [-0.4, -0.2) is 21.2 Å². The van der Waals surface area contributed by atoms with E-state index in [1.54, 1.807) is 5.38 Å². The van der Waals surface area contributed by atoms with Crippen molar-refractivity contribution in [3.8, 4) is 21.8 Å². The van der Waals surface area contributed by atoms with Crippen molar-refractivity contribution in [1.82, 2.24) is 10.1 Å². The van der Waals surface area contributed by atoms with Crippen LogP contribution >= 0.6 is 27.3 Å². The highest BCUT2D eigenvalue weighted by Crippen LogP contribution is 2.37. The van der Waals surface area contributed by atoms with Gasteiger partial charge >= 0.3 is 12.0 Å². The maximum Gasteiger partial charge on any atom is 0.339 e. The summed E-state index contributed by atoms with van der Waals surface area (Å²) >= 11 is 4.76. The zero-order valence-electron chi connectivity index (χ0n) is 14.4. The topological polar surface area (TPSA) is 88.2 Å². The third kappa shape index (κ3) is 3.69. The number of rotatable bonds is 6. The van der Waals surface area contributed by atoms with Gasteiger partial charge in [0.25, 0.3) is 0 Å². The van der Waals surface area contributed by atoms with Crippen LogP contribution in [0, 0.1) is 0 Å². The Balaban J connectivity index is 1.64. The van der Waals surface area contributed by atoms with Gasteiger partial charge in [-0.05, 0) is 11.1 Å². The van der Waals surface area contributed by atoms with Gasteiger partial charge in [0, 0.05) is 16.3 Å². The van der Waals surface area contributed by atoms with E-state index in [2.05, 4.69) is 31.4 Å². The molecule has 0 saturated heterocycles. The number of halogens is 1. The number of thiophene rings is 1. The van der Waals surface area contributed by atoms with Crippen LogP contribution in [0.15, 0.2) is 64.5 Å². The Morgan fingerprint density at radius 1 is 1.11 bits per heavy atom. The lowest BCUT2D eigenvalue weighted by molar-refractivity contribution is 0.0699. The number of carboxylic acids is 1. The van der Waals surface area contributed by atoms with Gasteiger partial charge in [0.05, 0.1) is 10.6 Å². The van der Waals surface area contributed by atoms with Crippen LogP contribution in [0.25, 0.3) is 21.8 Å². The van der Waals surface area contributed by atoms with Crippen LogP contribution < -0.4 is 5.32 Å². The average Bonchev–Trinajstić information content (AvgIpc) is 3.36. The first kappa shape index (κ1) is 18.4. The molecule has 0 bridgehead atoms. The predicted molar refractivity (Wildman–Crippen MR) is 112 cm³/mol. The van der Waals surface area contributed by atoms with E-state index in [1.165, 1.54) is 11.3 Å². The van der Waals surface area contributed by atoms with E-state index in [-0.39, 0.29) is 11.6 Å². The zero-order chi connectivity index (χ0) is 19.5. The lowest BCUT2D eigenvalue weighted by Gasteiger charge is -2.04. The van der Waals surface area contributed by atoms with Crippen molar-refractivity contribution in [1.29, 1.82) is 0 Å². The Labute approximate surface area is 173 Å². The molecule has 0 amide bonds. The molecule has 0 aliphatic heterocycles. The number of aromatic carboxylic acids is 1. The van der Waals surface area contributed by atoms with Gasteiger partial charge in [-0.2, -0.15) is 4.98 Å². The van der Waals surface area contributed by atoms with Gasteiger partial charge in [-0.25, -0.2) is 4.79 Å². The molecular weight excluding hydrogens is 442 g/mol. The molecule has 2 aromatic carbocycles. The van der Waals surface area contributed by atoms with Crippen molar-refractivity contribution in [2.24, 2.45) is 0 Å². The highest BCUT2D eigenvalue weighted by atomic mass is 79.9. The standard InChI is InChI=1S/C20H14BrN3O3S/c21-10-12-6-8-13(9-7-12)17-16(19(25)26)15(11-28-17)22-20-23-18(24-27-20)14-4-2-1-3-5-14/h1-9,11H,10H2,(H,25,26)(H,22,23,24). The number of nitrogens with one attached hydrogen (secondary N) is 1. The second kappa shape index (κ2) is 7.95. The third-order valence-corrected chi connectivity index (χ3v) is 5.75. The van der Waals surface area contributed by atoms with E-state index in [1.807, 2.05) is 54.6 Å². The van der Waals surface area contributed by atoms with E-state index < -0.39 is 5.97 Å². The molecule has 28 heavy (non-hydrogen) atoms. The molecule has 140 valence electrons. The summed E-state index contributed by atoms with van der Waals surface area (Å²) in [5, 5.41) is 19.1. The molecule has 0 aliphatic rings. The molecule has 4 rings (SSSR count). The van der Waals surface area contributed by atoms with Crippen molar-refractivity contribution in [3.05, 3.63) is 71.1 Å². The Hall–Kier alpha value is -2.97. The number of hydrogen-bond donors (Lipinski definition) is 2. The van der Waals surface area contributed by atoms with Crippen molar-refractivity contribution in [2.75, 3.05) is 5.32 Å². The van der Waals surface area contributed by atoms with Gasteiger partial charge in [0.1, 0.15) is 5.56 Å². The number of aromatic nitrogens is 2. The molecule has 0 radical (unpaired) electrons. The van der Waals surface area contributed by atoms with Crippen LogP contribution in [0.3, 0.4) is 0 Å². The van der Waals surface area contributed by atoms with Crippen LogP contribution in [-0.2, 0) is 5.33 Å². The van der Waals surface area contributed by atoms with Crippen LogP contribution in [0.2, 0.25) is 0 Å². The minimum Gasteiger partial charge on any atom is -0.478 e. The van der Waals surface area contributed by atoms with E-state index in [4.69, 9.17) is 4.52 Å². The fourth-order valence-corrected chi connectivity index (χ4v) is 4.09. The van der Waals surface area contributed by atoms with E-state index in [0.29, 0.717) is 16.4 Å². The summed E-state index contributed by atoms with van der Waals surface area (Å²) in [5.41, 5.74) is 3.37. The lowest BCUT2D eigenvalue weighted by Crippen LogP contribution is -2.01. The van der Waals surface area contributed by atoms with Gasteiger partial charge < -0.3 is 14.9 Å². The van der Waals surface area contributed by atoms with E-state index in [9.17, 15) is 9.90 Å². The average molecular weight is 456 g/mol. The Morgan fingerprint density at radius 2 is 1.86 bits per heavy atom. The van der Waals surface area contributed by atoms with Crippen LogP contribution in [0.1, 0.15) is 15.9 Å². The fraction of sp³-hybridized carbons (Fsp3) is 0.0500. The molecule has 8 heteroatoms. The van der Waals surface area contributed by atoms with Crippen molar-refractivity contribution in [3.63, 3.8) is 0 Å². The first-order valence-corrected chi connectivity index (χ1v) is 10.3. The second-order valence-electron chi connectivity index (χ2n) is 5.90. The first-order valence-electron chi connectivity index (χ1n) is 8.32. The van der Waals surface area contributed by atoms with Crippen LogP contribution in [0.4, 0.5) is 11.7 Å². The van der Waals surface area contributed by atoms with Crippen LogP contribution in [0.5, 0.6) is 0 Å². The SMILES string of the molecule is O=C(O)c1c(Nc2nc(-c3ccccc3)no2)csc1-c1ccc(CBr)cc1. The lowest BCUT2D eigenvalue weighted by atomic mass is 10.1. The summed E-state index contributed by atoms with van der Waals surface area (Å²) in [6.45, 7) is 0. The zero-order valence-corrected chi connectivity index (χ0v) is 16.8. The first-order chi connectivity index (χ1) is 13.7. The van der Waals surface area contributed by atoms with E-state index >= 15 is 0 Å². The van der Waals surface area contributed by atoms with Gasteiger partial charge in [-0.3, -0.25) is 0 Å². The van der Waals surface area contributed by atoms with Crippen molar-refractivity contribution < 1.29 is 14.4 Å². The van der Waals surface area contributed by atoms with Gasteiger partial charge in [0.2, 0.25) is 5.82 Å². The number of benzene rings is 2. The molecule has 0 atom stereocenters. The summed E-state index contributed by atoms with van der Waals surface area (Å²) in [4.78, 5) is 16.9. The Morgan fingerprint density at radius 3 is 2.54 bits per heavy atom. The predicted octanol–water partition coefficient (Wildman–Crippen LogP) is 5.80. The molecule has 0 aliphatic carbocycles. The molecular formula is C20H14BrN3O3S. The molecule has 0 spiro atoms. The third-order valence-electron chi connectivity index (χ3n) is 4.07. The second-order valence-corrected chi connectivity index (χ2v) is 7.34. The van der Waals surface area contributed by atoms with Gasteiger partial charge in [-0.15, -0.1) is 11.3 Å². The molecule has 2 aromatic heterocycles. The van der Waals surface area contributed by atoms with Gasteiger partial charge in [0.15, 0.2) is 0 Å². The summed E-state index contributed by atoms with van der Waals surface area (Å²) in [7, 11) is 0. The number of anilines is 2. The number of carboxylic acid groups (broad SMARTS) is 1. The molecule has 0 unspecified atom stereocenters. The molecule has 2 N–H and O–H groups in total. The van der Waals surface area contributed by atoms with E-state index in [0.717, 1.165) is 22.0 Å². The molecule has 0 saturated carbocycles. The minimum absolute atomic E-state index is 0.139. The molecule has 2 heterocycles.